The lowest BCUT2D eigenvalue weighted by Crippen LogP contribution is -2.00. The van der Waals surface area contributed by atoms with Crippen LogP contribution in [-0.4, -0.2) is 22.0 Å². The third-order valence-corrected chi connectivity index (χ3v) is 3.81. The maximum absolute atomic E-state index is 13.3. The highest BCUT2D eigenvalue weighted by molar-refractivity contribution is 6.31. The summed E-state index contributed by atoms with van der Waals surface area (Å²) >= 11 is 11.7. The molecule has 0 spiro atoms. The molecule has 3 rings (SSSR count). The molecular weight excluding hydrogens is 374 g/mol. The zero-order valence-electron chi connectivity index (χ0n) is 12.6. The molecule has 0 amide bonds. The van der Waals surface area contributed by atoms with E-state index >= 15 is 0 Å². The average molecular weight is 383 g/mol. The van der Waals surface area contributed by atoms with E-state index in [1.807, 2.05) is 0 Å². The van der Waals surface area contributed by atoms with Crippen LogP contribution in [0.25, 0.3) is 10.9 Å². The molecular formula is C15H9Cl2FN4O3. The first-order chi connectivity index (χ1) is 11.9. The predicted molar refractivity (Wildman–Crippen MR) is 92.4 cm³/mol. The standard InChI is InChI=1S/C15H9Cl2FN4O3/c1-25-13-6-11-8(5-12(13)22(23)24)14(21-15(17)20-11)19-7-2-3-10(18)9(16)4-7/h2-6H,1H3,(H,19,20,21). The van der Waals surface area contributed by atoms with Gasteiger partial charge in [0, 0.05) is 17.8 Å². The monoisotopic (exact) mass is 382 g/mol. The van der Waals surface area contributed by atoms with Crippen LogP contribution in [0.2, 0.25) is 10.3 Å². The van der Waals surface area contributed by atoms with Crippen molar-refractivity contribution in [2.24, 2.45) is 0 Å². The number of ether oxygens (including phenoxy) is 1. The second-order valence-corrected chi connectivity index (χ2v) is 5.64. The summed E-state index contributed by atoms with van der Waals surface area (Å²) in [6.07, 6.45) is 0. The van der Waals surface area contributed by atoms with E-state index in [9.17, 15) is 14.5 Å². The molecule has 0 fully saturated rings. The highest BCUT2D eigenvalue weighted by Gasteiger charge is 2.19. The van der Waals surface area contributed by atoms with Gasteiger partial charge in [-0.2, -0.15) is 4.98 Å². The zero-order chi connectivity index (χ0) is 18.1. The van der Waals surface area contributed by atoms with Crippen molar-refractivity contribution in [2.45, 2.75) is 0 Å². The Morgan fingerprint density at radius 3 is 2.64 bits per heavy atom. The average Bonchev–Trinajstić information content (AvgIpc) is 2.56. The fraction of sp³-hybridized carbons (Fsp3) is 0.0667. The highest BCUT2D eigenvalue weighted by atomic mass is 35.5. The van der Waals surface area contributed by atoms with Crippen LogP contribution >= 0.6 is 23.2 Å². The fourth-order valence-electron chi connectivity index (χ4n) is 2.23. The highest BCUT2D eigenvalue weighted by Crippen LogP contribution is 2.35. The van der Waals surface area contributed by atoms with Crippen molar-refractivity contribution in [2.75, 3.05) is 12.4 Å². The number of anilines is 2. The van der Waals surface area contributed by atoms with Gasteiger partial charge in [0.15, 0.2) is 5.75 Å². The van der Waals surface area contributed by atoms with Gasteiger partial charge in [-0.15, -0.1) is 0 Å². The number of benzene rings is 2. The molecule has 0 saturated carbocycles. The first-order valence-electron chi connectivity index (χ1n) is 6.81. The lowest BCUT2D eigenvalue weighted by molar-refractivity contribution is -0.385. The van der Waals surface area contributed by atoms with Crippen LogP contribution in [0.1, 0.15) is 0 Å². The third kappa shape index (κ3) is 3.40. The van der Waals surface area contributed by atoms with E-state index in [1.165, 1.54) is 37.4 Å². The van der Waals surface area contributed by atoms with E-state index in [4.69, 9.17) is 27.9 Å². The molecule has 0 radical (unpaired) electrons. The maximum atomic E-state index is 13.3. The number of halogens is 3. The summed E-state index contributed by atoms with van der Waals surface area (Å²) in [5.74, 6) is -0.315. The summed E-state index contributed by atoms with van der Waals surface area (Å²) in [6.45, 7) is 0. The maximum Gasteiger partial charge on any atom is 0.311 e. The zero-order valence-corrected chi connectivity index (χ0v) is 14.1. The number of nitrogens with one attached hydrogen (secondary N) is 1. The number of nitrogens with zero attached hydrogens (tertiary/aromatic N) is 3. The second-order valence-electron chi connectivity index (χ2n) is 4.89. The van der Waals surface area contributed by atoms with Crippen LogP contribution in [-0.2, 0) is 0 Å². The number of hydrogen-bond acceptors (Lipinski definition) is 6. The topological polar surface area (TPSA) is 90.2 Å². The van der Waals surface area contributed by atoms with Gasteiger partial charge in [-0.05, 0) is 29.8 Å². The Kier molecular flexibility index (Phi) is 4.56. The molecule has 2 aromatic carbocycles. The van der Waals surface area contributed by atoms with Gasteiger partial charge in [-0.25, -0.2) is 9.37 Å². The Balaban J connectivity index is 2.17. The summed E-state index contributed by atoms with van der Waals surface area (Å²) in [5, 5.41) is 14.3. The van der Waals surface area contributed by atoms with Gasteiger partial charge in [-0.1, -0.05) is 11.6 Å². The number of nitro benzene ring substituents is 1. The van der Waals surface area contributed by atoms with E-state index in [2.05, 4.69) is 15.3 Å². The van der Waals surface area contributed by atoms with Crippen molar-refractivity contribution in [1.82, 2.24) is 9.97 Å². The molecule has 3 aromatic rings. The van der Waals surface area contributed by atoms with E-state index in [-0.39, 0.29) is 27.6 Å². The smallest absolute Gasteiger partial charge is 0.311 e. The van der Waals surface area contributed by atoms with Crippen molar-refractivity contribution in [3.63, 3.8) is 0 Å². The minimum absolute atomic E-state index is 0.0445. The second kappa shape index (κ2) is 6.66. The van der Waals surface area contributed by atoms with Gasteiger partial charge in [0.1, 0.15) is 11.6 Å². The molecule has 128 valence electrons. The van der Waals surface area contributed by atoms with E-state index < -0.39 is 10.7 Å². The molecule has 1 N–H and O–H groups in total. The van der Waals surface area contributed by atoms with Crippen LogP contribution in [0.4, 0.5) is 21.6 Å². The number of hydrogen-bond donors (Lipinski definition) is 1. The quantitative estimate of drug-likeness (QED) is 0.398. The number of fused-ring (bicyclic) bond motifs is 1. The molecule has 0 aliphatic heterocycles. The Hall–Kier alpha value is -2.71. The van der Waals surface area contributed by atoms with Crippen molar-refractivity contribution < 1.29 is 14.1 Å². The van der Waals surface area contributed by atoms with Crippen LogP contribution in [0.3, 0.4) is 0 Å². The summed E-state index contributed by atoms with van der Waals surface area (Å²) in [6, 6.07) is 6.65. The molecule has 1 heterocycles. The van der Waals surface area contributed by atoms with Crippen molar-refractivity contribution in [3.05, 3.63) is 56.6 Å². The van der Waals surface area contributed by atoms with Gasteiger partial charge in [0.05, 0.1) is 28.0 Å². The van der Waals surface area contributed by atoms with E-state index in [0.717, 1.165) is 0 Å². The summed E-state index contributed by atoms with van der Waals surface area (Å²) in [5.41, 5.74) is 0.528. The number of nitro groups is 1. The van der Waals surface area contributed by atoms with Gasteiger partial charge in [0.2, 0.25) is 5.28 Å². The lowest BCUT2D eigenvalue weighted by Gasteiger charge is -2.11. The minimum Gasteiger partial charge on any atom is -0.490 e. The molecule has 10 heteroatoms. The third-order valence-electron chi connectivity index (χ3n) is 3.35. The Morgan fingerprint density at radius 2 is 2.00 bits per heavy atom. The van der Waals surface area contributed by atoms with Crippen LogP contribution in [0.15, 0.2) is 30.3 Å². The first-order valence-corrected chi connectivity index (χ1v) is 7.56. The van der Waals surface area contributed by atoms with Gasteiger partial charge in [0.25, 0.3) is 0 Å². The summed E-state index contributed by atoms with van der Waals surface area (Å²) < 4.78 is 18.3. The number of aromatic nitrogens is 2. The lowest BCUT2D eigenvalue weighted by atomic mass is 10.2. The molecule has 0 saturated heterocycles. The SMILES string of the molecule is COc1cc2nc(Cl)nc(Nc3ccc(F)c(Cl)c3)c2cc1[N+](=O)[O-]. The van der Waals surface area contributed by atoms with Gasteiger partial charge >= 0.3 is 5.69 Å². The molecule has 25 heavy (non-hydrogen) atoms. The van der Waals surface area contributed by atoms with Crippen LogP contribution in [0, 0.1) is 15.9 Å². The molecule has 0 unspecified atom stereocenters. The van der Waals surface area contributed by atoms with Crippen LogP contribution < -0.4 is 10.1 Å². The summed E-state index contributed by atoms with van der Waals surface area (Å²) in [4.78, 5) is 18.7. The molecule has 1 aromatic heterocycles. The van der Waals surface area contributed by atoms with Crippen molar-refractivity contribution in [3.8, 4) is 5.75 Å². The largest absolute Gasteiger partial charge is 0.490 e. The van der Waals surface area contributed by atoms with E-state index in [1.54, 1.807) is 0 Å². The molecule has 0 bridgehead atoms. The number of rotatable bonds is 4. The van der Waals surface area contributed by atoms with Gasteiger partial charge < -0.3 is 10.1 Å². The van der Waals surface area contributed by atoms with E-state index in [0.29, 0.717) is 16.6 Å². The molecule has 7 nitrogen and oxygen atoms in total. The Morgan fingerprint density at radius 1 is 1.24 bits per heavy atom. The minimum atomic E-state index is -0.578. The fourth-order valence-corrected chi connectivity index (χ4v) is 2.58. The first kappa shape index (κ1) is 17.1. The predicted octanol–water partition coefficient (Wildman–Crippen LogP) is 4.74. The van der Waals surface area contributed by atoms with Gasteiger partial charge in [-0.3, -0.25) is 10.1 Å². The van der Waals surface area contributed by atoms with Crippen molar-refractivity contribution in [1.29, 1.82) is 0 Å². The molecule has 0 aliphatic carbocycles. The normalized spacial score (nSPS) is 10.7. The van der Waals surface area contributed by atoms with Crippen LogP contribution in [0.5, 0.6) is 5.75 Å². The molecule has 0 aliphatic rings. The molecule has 0 atom stereocenters. The summed E-state index contributed by atoms with van der Waals surface area (Å²) in [7, 11) is 1.32. The van der Waals surface area contributed by atoms with Crippen molar-refractivity contribution >= 4 is 51.3 Å². The number of methoxy groups -OCH3 is 1. The Bertz CT molecular complexity index is 1000. The Labute approximate surface area is 150 Å².